The Bertz CT molecular complexity index is 724. The van der Waals surface area contributed by atoms with Gasteiger partial charge in [-0.05, 0) is 37.8 Å². The summed E-state index contributed by atoms with van der Waals surface area (Å²) < 4.78 is 26.8. The Balaban J connectivity index is 1.68. The van der Waals surface area contributed by atoms with Crippen LogP contribution in [0.15, 0.2) is 24.4 Å². The minimum absolute atomic E-state index is 0.00497. The van der Waals surface area contributed by atoms with Gasteiger partial charge in [0.1, 0.15) is 0 Å². The van der Waals surface area contributed by atoms with Crippen molar-refractivity contribution in [2.45, 2.75) is 51.6 Å². The summed E-state index contributed by atoms with van der Waals surface area (Å²) in [4.78, 5) is 29.3. The van der Waals surface area contributed by atoms with E-state index in [0.29, 0.717) is 19.5 Å². The fourth-order valence-electron chi connectivity index (χ4n) is 3.18. The SMILES string of the molecule is CC(=O)N1CCCC[C@@H]1CCS(=O)(=O)NCCC(=O)NCc1ccccn1. The molecule has 1 aromatic rings. The van der Waals surface area contributed by atoms with Crippen molar-refractivity contribution in [3.05, 3.63) is 30.1 Å². The Morgan fingerprint density at radius 3 is 2.81 bits per heavy atom. The zero-order valence-corrected chi connectivity index (χ0v) is 16.5. The van der Waals surface area contributed by atoms with Crippen LogP contribution in [0.3, 0.4) is 0 Å². The maximum atomic E-state index is 12.2. The molecule has 150 valence electrons. The highest BCUT2D eigenvalue weighted by Gasteiger charge is 2.25. The van der Waals surface area contributed by atoms with Gasteiger partial charge in [0.05, 0.1) is 18.0 Å². The lowest BCUT2D eigenvalue weighted by Gasteiger charge is -2.35. The first-order valence-electron chi connectivity index (χ1n) is 9.28. The summed E-state index contributed by atoms with van der Waals surface area (Å²) in [7, 11) is -3.47. The zero-order chi connectivity index (χ0) is 19.7. The van der Waals surface area contributed by atoms with Crippen molar-refractivity contribution in [3.63, 3.8) is 0 Å². The first-order chi connectivity index (χ1) is 12.9. The van der Waals surface area contributed by atoms with Crippen LogP contribution >= 0.6 is 0 Å². The molecule has 0 bridgehead atoms. The van der Waals surface area contributed by atoms with Crippen molar-refractivity contribution in [3.8, 4) is 0 Å². The van der Waals surface area contributed by atoms with E-state index in [1.54, 1.807) is 23.2 Å². The highest BCUT2D eigenvalue weighted by atomic mass is 32.2. The van der Waals surface area contributed by atoms with Gasteiger partial charge >= 0.3 is 0 Å². The van der Waals surface area contributed by atoms with E-state index in [-0.39, 0.29) is 36.6 Å². The second-order valence-electron chi connectivity index (χ2n) is 6.71. The molecule has 0 spiro atoms. The second kappa shape index (κ2) is 10.4. The Labute approximate surface area is 160 Å². The van der Waals surface area contributed by atoms with Crippen LogP contribution < -0.4 is 10.0 Å². The van der Waals surface area contributed by atoms with Crippen LogP contribution in [0.4, 0.5) is 0 Å². The highest BCUT2D eigenvalue weighted by Crippen LogP contribution is 2.20. The number of carbonyl (C=O) groups excluding carboxylic acids is 2. The molecule has 0 unspecified atom stereocenters. The molecule has 1 aromatic heterocycles. The van der Waals surface area contributed by atoms with Crippen molar-refractivity contribution in [1.29, 1.82) is 0 Å². The number of hydrogen-bond donors (Lipinski definition) is 2. The highest BCUT2D eigenvalue weighted by molar-refractivity contribution is 7.89. The molecule has 1 aliphatic heterocycles. The largest absolute Gasteiger partial charge is 0.350 e. The summed E-state index contributed by atoms with van der Waals surface area (Å²) in [6, 6.07) is 5.42. The van der Waals surface area contributed by atoms with E-state index in [9.17, 15) is 18.0 Å². The third-order valence-electron chi connectivity index (χ3n) is 4.62. The number of piperidine rings is 1. The van der Waals surface area contributed by atoms with E-state index in [2.05, 4.69) is 15.0 Å². The van der Waals surface area contributed by atoms with Crippen LogP contribution in [-0.4, -0.2) is 55.0 Å². The Morgan fingerprint density at radius 1 is 1.30 bits per heavy atom. The van der Waals surface area contributed by atoms with Gasteiger partial charge in [0, 0.05) is 38.7 Å². The lowest BCUT2D eigenvalue weighted by atomic mass is 10.00. The second-order valence-corrected chi connectivity index (χ2v) is 8.64. The quantitative estimate of drug-likeness (QED) is 0.642. The lowest BCUT2D eigenvalue weighted by Crippen LogP contribution is -2.44. The fourth-order valence-corrected chi connectivity index (χ4v) is 4.32. The first kappa shape index (κ1) is 21.3. The predicted molar refractivity (Wildman–Crippen MR) is 102 cm³/mol. The van der Waals surface area contributed by atoms with Crippen LogP contribution in [0.2, 0.25) is 0 Å². The Hall–Kier alpha value is -2.00. The van der Waals surface area contributed by atoms with Crippen molar-refractivity contribution in [2.24, 2.45) is 0 Å². The number of nitrogens with one attached hydrogen (secondary N) is 2. The molecule has 9 heteroatoms. The van der Waals surface area contributed by atoms with E-state index >= 15 is 0 Å². The third-order valence-corrected chi connectivity index (χ3v) is 6.04. The van der Waals surface area contributed by atoms with Crippen molar-refractivity contribution >= 4 is 21.8 Å². The molecule has 1 saturated heterocycles. The van der Waals surface area contributed by atoms with Crippen molar-refractivity contribution in [1.82, 2.24) is 19.9 Å². The zero-order valence-electron chi connectivity index (χ0n) is 15.7. The molecule has 8 nitrogen and oxygen atoms in total. The Morgan fingerprint density at radius 2 is 2.11 bits per heavy atom. The fraction of sp³-hybridized carbons (Fsp3) is 0.611. The molecule has 0 radical (unpaired) electrons. The van der Waals surface area contributed by atoms with E-state index in [1.165, 1.54) is 6.92 Å². The minimum atomic E-state index is -3.47. The molecule has 27 heavy (non-hydrogen) atoms. The number of likely N-dealkylation sites (tertiary alicyclic amines) is 1. The van der Waals surface area contributed by atoms with Crippen LogP contribution in [0.5, 0.6) is 0 Å². The summed E-state index contributed by atoms with van der Waals surface area (Å²) in [6.45, 7) is 2.59. The van der Waals surface area contributed by atoms with Gasteiger partial charge in [-0.2, -0.15) is 0 Å². The smallest absolute Gasteiger partial charge is 0.221 e. The van der Waals surface area contributed by atoms with E-state index < -0.39 is 10.0 Å². The van der Waals surface area contributed by atoms with Crippen LogP contribution in [0.1, 0.15) is 44.7 Å². The number of pyridine rings is 1. The number of aromatic nitrogens is 1. The monoisotopic (exact) mass is 396 g/mol. The van der Waals surface area contributed by atoms with E-state index in [0.717, 1.165) is 25.0 Å². The van der Waals surface area contributed by atoms with Gasteiger partial charge in [0.15, 0.2) is 0 Å². The van der Waals surface area contributed by atoms with Crippen LogP contribution in [0, 0.1) is 0 Å². The summed E-state index contributed by atoms with van der Waals surface area (Å²) in [5.41, 5.74) is 0.744. The van der Waals surface area contributed by atoms with Gasteiger partial charge in [-0.1, -0.05) is 6.07 Å². The summed E-state index contributed by atoms with van der Waals surface area (Å²) in [6.07, 6.45) is 4.95. The molecular formula is C18H28N4O4S. The van der Waals surface area contributed by atoms with Crippen LogP contribution in [0.25, 0.3) is 0 Å². The topological polar surface area (TPSA) is 108 Å². The predicted octanol–water partition coefficient (Wildman–Crippen LogP) is 0.798. The van der Waals surface area contributed by atoms with Gasteiger partial charge < -0.3 is 10.2 Å². The molecule has 2 rings (SSSR count). The average Bonchev–Trinajstić information content (AvgIpc) is 2.65. The maximum Gasteiger partial charge on any atom is 0.221 e. The summed E-state index contributed by atoms with van der Waals surface area (Å²) in [5.74, 6) is -0.287. The molecule has 1 fully saturated rings. The van der Waals surface area contributed by atoms with Gasteiger partial charge in [-0.25, -0.2) is 13.1 Å². The lowest BCUT2D eigenvalue weighted by molar-refractivity contribution is -0.132. The molecule has 2 amide bonds. The maximum absolute atomic E-state index is 12.2. The number of rotatable bonds is 9. The summed E-state index contributed by atoms with van der Waals surface area (Å²) in [5, 5.41) is 2.71. The molecule has 2 heterocycles. The molecule has 0 aliphatic carbocycles. The number of amides is 2. The number of nitrogens with zero attached hydrogens (tertiary/aromatic N) is 2. The molecule has 1 aliphatic rings. The first-order valence-corrected chi connectivity index (χ1v) is 10.9. The number of hydrogen-bond acceptors (Lipinski definition) is 5. The van der Waals surface area contributed by atoms with Crippen LogP contribution in [-0.2, 0) is 26.2 Å². The average molecular weight is 397 g/mol. The van der Waals surface area contributed by atoms with Gasteiger partial charge in [0.2, 0.25) is 21.8 Å². The minimum Gasteiger partial charge on any atom is -0.350 e. The van der Waals surface area contributed by atoms with Gasteiger partial charge in [0.25, 0.3) is 0 Å². The number of carbonyl (C=O) groups is 2. The van der Waals surface area contributed by atoms with Crippen molar-refractivity contribution < 1.29 is 18.0 Å². The van der Waals surface area contributed by atoms with Gasteiger partial charge in [-0.3, -0.25) is 14.6 Å². The third kappa shape index (κ3) is 7.64. The molecule has 0 saturated carbocycles. The molecule has 2 N–H and O–H groups in total. The van der Waals surface area contributed by atoms with Crippen molar-refractivity contribution in [2.75, 3.05) is 18.8 Å². The van der Waals surface area contributed by atoms with E-state index in [4.69, 9.17) is 0 Å². The number of sulfonamides is 1. The standard InChI is InChI=1S/C18H28N4O4S/c1-15(23)22-12-5-3-7-17(22)9-13-27(25,26)21-11-8-18(24)20-14-16-6-2-4-10-19-16/h2,4,6,10,17,21H,3,5,7-9,11-14H2,1H3,(H,20,24)/t17-/m1/s1. The Kier molecular flexibility index (Phi) is 8.18. The normalized spacial score (nSPS) is 17.5. The molecular weight excluding hydrogens is 368 g/mol. The van der Waals surface area contributed by atoms with Gasteiger partial charge in [-0.15, -0.1) is 0 Å². The molecule has 1 atom stereocenters. The summed E-state index contributed by atoms with van der Waals surface area (Å²) >= 11 is 0. The molecule has 0 aromatic carbocycles. The van der Waals surface area contributed by atoms with E-state index in [1.807, 2.05) is 6.07 Å².